The van der Waals surface area contributed by atoms with Crippen molar-refractivity contribution < 1.29 is 19.4 Å². The Labute approximate surface area is 123 Å². The van der Waals surface area contributed by atoms with Gasteiger partial charge in [0.2, 0.25) is 0 Å². The molecule has 0 radical (unpaired) electrons. The Morgan fingerprint density at radius 1 is 1.48 bits per heavy atom. The van der Waals surface area contributed by atoms with Crippen LogP contribution < -0.4 is 5.73 Å². The molecule has 0 heterocycles. The molecule has 3 N–H and O–H groups in total. The number of benzene rings is 1. The molecule has 21 heavy (non-hydrogen) atoms. The van der Waals surface area contributed by atoms with Gasteiger partial charge in [0.1, 0.15) is 5.94 Å². The topological polar surface area (TPSA) is 89.6 Å². The lowest BCUT2D eigenvalue weighted by Gasteiger charge is -2.39. The van der Waals surface area contributed by atoms with Crippen LogP contribution in [0.15, 0.2) is 35.9 Å². The molecule has 3 atom stereocenters. The number of rotatable bonds is 4. The smallest absolute Gasteiger partial charge is 0.311 e. The molecular weight excluding hydrogens is 270 g/mol. The molecule has 1 saturated carbocycles. The Kier molecular flexibility index (Phi) is 4.58. The summed E-state index contributed by atoms with van der Waals surface area (Å²) in [5.41, 5.74) is 6.03. The molecule has 0 spiro atoms. The second kappa shape index (κ2) is 6.22. The van der Waals surface area contributed by atoms with Crippen molar-refractivity contribution in [3.63, 3.8) is 0 Å². The highest BCUT2D eigenvalue weighted by Gasteiger charge is 2.47. The van der Waals surface area contributed by atoms with Crippen molar-refractivity contribution in [1.82, 2.24) is 0 Å². The van der Waals surface area contributed by atoms with Gasteiger partial charge in [0.25, 0.3) is 0 Å². The first kappa shape index (κ1) is 15.4. The molecule has 0 aliphatic heterocycles. The van der Waals surface area contributed by atoms with Crippen molar-refractivity contribution in [3.8, 4) is 0 Å². The fourth-order valence-electron chi connectivity index (χ4n) is 2.60. The lowest BCUT2D eigenvalue weighted by Crippen LogP contribution is -2.53. The van der Waals surface area contributed by atoms with E-state index >= 15 is 0 Å². The number of ether oxygens (including phenoxy) is 1. The first-order valence-corrected chi connectivity index (χ1v) is 6.88. The number of hydrogen-bond donors (Lipinski definition) is 2. The van der Waals surface area contributed by atoms with Crippen LogP contribution in [0.5, 0.6) is 0 Å². The summed E-state index contributed by atoms with van der Waals surface area (Å²) >= 11 is 0. The van der Waals surface area contributed by atoms with E-state index in [0.29, 0.717) is 19.4 Å². The molecule has 0 saturated heterocycles. The van der Waals surface area contributed by atoms with Crippen LogP contribution in [-0.4, -0.2) is 29.2 Å². The minimum atomic E-state index is -1.14. The van der Waals surface area contributed by atoms with Gasteiger partial charge in [-0.25, -0.2) is 4.79 Å². The van der Waals surface area contributed by atoms with E-state index in [4.69, 9.17) is 10.5 Å². The largest absolute Gasteiger partial charge is 0.481 e. The SMILES string of the molecule is CC1(C(=O)O)CC[C@@H](OCc2ccccc2)C(=C=O)[C@@H]1N. The molecule has 1 aliphatic rings. The monoisotopic (exact) mass is 289 g/mol. The summed E-state index contributed by atoms with van der Waals surface area (Å²) in [5.74, 6) is 0.807. The van der Waals surface area contributed by atoms with Crippen LogP contribution in [0.25, 0.3) is 0 Å². The predicted molar refractivity (Wildman–Crippen MR) is 77.2 cm³/mol. The van der Waals surface area contributed by atoms with E-state index < -0.39 is 23.5 Å². The van der Waals surface area contributed by atoms with E-state index in [2.05, 4.69) is 0 Å². The van der Waals surface area contributed by atoms with E-state index in [-0.39, 0.29) is 5.57 Å². The highest BCUT2D eigenvalue weighted by atomic mass is 16.5. The molecule has 1 aromatic carbocycles. The van der Waals surface area contributed by atoms with Gasteiger partial charge in [-0.1, -0.05) is 30.3 Å². The van der Waals surface area contributed by atoms with Gasteiger partial charge in [0.15, 0.2) is 0 Å². The molecular formula is C16H19NO4. The van der Waals surface area contributed by atoms with Gasteiger partial charge in [-0.2, -0.15) is 0 Å². The lowest BCUT2D eigenvalue weighted by molar-refractivity contribution is -0.151. The Hall–Kier alpha value is -1.94. The maximum Gasteiger partial charge on any atom is 0.311 e. The third kappa shape index (κ3) is 3.05. The summed E-state index contributed by atoms with van der Waals surface area (Å²) in [6.45, 7) is 1.91. The molecule has 112 valence electrons. The quantitative estimate of drug-likeness (QED) is 0.821. The third-order valence-electron chi connectivity index (χ3n) is 4.19. The number of hydrogen-bond acceptors (Lipinski definition) is 4. The van der Waals surface area contributed by atoms with Crippen LogP contribution in [0.2, 0.25) is 0 Å². The standard InChI is InChI=1S/C16H19NO4/c1-16(15(19)20)8-7-13(12(9-18)14(16)17)21-10-11-5-3-2-4-6-11/h2-6,13-14H,7-8,10,17H2,1H3,(H,19,20)/t13-,14+,16?/m1/s1. The molecule has 5 nitrogen and oxygen atoms in total. The van der Waals surface area contributed by atoms with Crippen molar-refractivity contribution in [3.05, 3.63) is 41.5 Å². The van der Waals surface area contributed by atoms with Crippen molar-refractivity contribution in [2.45, 2.75) is 38.5 Å². The summed E-state index contributed by atoms with van der Waals surface area (Å²) in [4.78, 5) is 22.6. The highest BCUT2D eigenvalue weighted by Crippen LogP contribution is 2.38. The highest BCUT2D eigenvalue weighted by molar-refractivity contribution is 5.78. The van der Waals surface area contributed by atoms with Gasteiger partial charge < -0.3 is 15.6 Å². The van der Waals surface area contributed by atoms with Crippen molar-refractivity contribution >= 4 is 11.9 Å². The number of aliphatic carboxylic acids is 1. The summed E-state index contributed by atoms with van der Waals surface area (Å²) in [7, 11) is 0. The molecule has 1 aliphatic carbocycles. The maximum atomic E-state index is 11.4. The van der Waals surface area contributed by atoms with E-state index in [0.717, 1.165) is 5.56 Å². The first-order chi connectivity index (χ1) is 9.99. The van der Waals surface area contributed by atoms with Gasteiger partial charge in [-0.3, -0.25) is 4.79 Å². The van der Waals surface area contributed by atoms with Crippen LogP contribution in [0.4, 0.5) is 0 Å². The van der Waals surface area contributed by atoms with Crippen molar-refractivity contribution in [2.24, 2.45) is 11.1 Å². The van der Waals surface area contributed by atoms with E-state index in [1.54, 1.807) is 12.9 Å². The first-order valence-electron chi connectivity index (χ1n) is 6.88. The summed E-state index contributed by atoms with van der Waals surface area (Å²) < 4.78 is 5.74. The minimum Gasteiger partial charge on any atom is -0.481 e. The molecule has 1 unspecified atom stereocenters. The third-order valence-corrected chi connectivity index (χ3v) is 4.19. The maximum absolute atomic E-state index is 11.4. The molecule has 0 amide bonds. The zero-order chi connectivity index (χ0) is 15.5. The Morgan fingerprint density at radius 3 is 2.71 bits per heavy atom. The van der Waals surface area contributed by atoms with E-state index in [9.17, 15) is 14.7 Å². The van der Waals surface area contributed by atoms with E-state index in [1.807, 2.05) is 30.3 Å². The summed E-state index contributed by atoms with van der Waals surface area (Å²) in [6, 6.07) is 8.70. The van der Waals surface area contributed by atoms with Crippen LogP contribution in [-0.2, 0) is 20.9 Å². The van der Waals surface area contributed by atoms with Crippen LogP contribution in [0.1, 0.15) is 25.3 Å². The molecule has 5 heteroatoms. The second-order valence-corrected chi connectivity index (χ2v) is 5.58. The lowest BCUT2D eigenvalue weighted by atomic mass is 9.69. The fourth-order valence-corrected chi connectivity index (χ4v) is 2.60. The zero-order valence-corrected chi connectivity index (χ0v) is 11.9. The summed E-state index contributed by atoms with van der Waals surface area (Å²) in [6.07, 6.45) is 0.354. The molecule has 0 bridgehead atoms. The van der Waals surface area contributed by atoms with Crippen LogP contribution >= 0.6 is 0 Å². The predicted octanol–water partition coefficient (Wildman–Crippen LogP) is 1.54. The van der Waals surface area contributed by atoms with Crippen LogP contribution in [0.3, 0.4) is 0 Å². The molecule has 0 aromatic heterocycles. The number of carboxylic acids is 1. The minimum absolute atomic E-state index is 0.210. The number of nitrogens with two attached hydrogens (primary N) is 1. The molecule has 1 fully saturated rings. The average molecular weight is 289 g/mol. The number of carboxylic acid groups (broad SMARTS) is 1. The van der Waals surface area contributed by atoms with Gasteiger partial charge in [-0.05, 0) is 25.3 Å². The molecule has 1 aromatic rings. The fraction of sp³-hybridized carbons (Fsp3) is 0.438. The zero-order valence-electron chi connectivity index (χ0n) is 11.9. The normalized spacial score (nSPS) is 29.0. The van der Waals surface area contributed by atoms with Gasteiger partial charge >= 0.3 is 5.97 Å². The number of carbonyl (C=O) groups excluding carboxylic acids is 1. The van der Waals surface area contributed by atoms with Gasteiger partial charge in [0.05, 0.1) is 29.7 Å². The van der Waals surface area contributed by atoms with Crippen LogP contribution in [0, 0.1) is 5.41 Å². The average Bonchev–Trinajstić information content (AvgIpc) is 2.49. The van der Waals surface area contributed by atoms with Crippen molar-refractivity contribution in [2.75, 3.05) is 0 Å². The Bertz CT molecular complexity index is 565. The molecule has 2 rings (SSSR count). The Balaban J connectivity index is 2.09. The Morgan fingerprint density at radius 2 is 2.14 bits per heavy atom. The van der Waals surface area contributed by atoms with Crippen molar-refractivity contribution in [1.29, 1.82) is 0 Å². The van der Waals surface area contributed by atoms with Gasteiger partial charge in [0, 0.05) is 0 Å². The number of carbonyl (C=O) groups is 1. The van der Waals surface area contributed by atoms with E-state index in [1.165, 1.54) is 0 Å². The van der Waals surface area contributed by atoms with Gasteiger partial charge in [-0.15, -0.1) is 0 Å². The second-order valence-electron chi connectivity index (χ2n) is 5.58. The summed E-state index contributed by atoms with van der Waals surface area (Å²) in [5, 5.41) is 9.31.